The molecule has 6 heteroatoms. The van der Waals surface area contributed by atoms with Crippen LogP contribution in [0.2, 0.25) is 0 Å². The molecule has 0 bridgehead atoms. The topological polar surface area (TPSA) is 71.1 Å². The van der Waals surface area contributed by atoms with Gasteiger partial charge in [0.1, 0.15) is 11.5 Å². The van der Waals surface area contributed by atoms with Crippen molar-refractivity contribution in [1.82, 2.24) is 0 Å². The molecule has 0 amide bonds. The van der Waals surface area contributed by atoms with E-state index in [2.05, 4.69) is 0 Å². The molecule has 0 saturated heterocycles. The molecule has 0 aliphatic rings. The monoisotopic (exact) mass is 344 g/mol. The Morgan fingerprint density at radius 3 is 2.00 bits per heavy atom. The van der Waals surface area contributed by atoms with Gasteiger partial charge >= 0.3 is 0 Å². The summed E-state index contributed by atoms with van der Waals surface area (Å²) in [7, 11) is 5.98. The van der Waals surface area contributed by atoms with E-state index < -0.39 is 0 Å². The lowest BCUT2D eigenvalue weighted by molar-refractivity contribution is 0.0892. The van der Waals surface area contributed by atoms with Crippen molar-refractivity contribution in [2.24, 2.45) is 0 Å². The SMILES string of the molecule is COc1ccc(C(=O)CC(=O)c2ccc(OC)c(OC)c2)c(OC)c1. The second-order valence-electron chi connectivity index (χ2n) is 5.16. The lowest BCUT2D eigenvalue weighted by atomic mass is 10.0. The van der Waals surface area contributed by atoms with Crippen LogP contribution >= 0.6 is 0 Å². The summed E-state index contributed by atoms with van der Waals surface area (Å²) in [5.41, 5.74) is 0.704. The molecule has 0 aromatic heterocycles. The van der Waals surface area contributed by atoms with Crippen molar-refractivity contribution in [3.63, 3.8) is 0 Å². The molecular formula is C19H20O6. The van der Waals surface area contributed by atoms with E-state index in [1.54, 1.807) is 36.4 Å². The van der Waals surface area contributed by atoms with E-state index in [1.807, 2.05) is 0 Å². The maximum atomic E-state index is 12.5. The van der Waals surface area contributed by atoms with Crippen LogP contribution in [0.15, 0.2) is 36.4 Å². The van der Waals surface area contributed by atoms with Gasteiger partial charge in [0, 0.05) is 11.6 Å². The Morgan fingerprint density at radius 2 is 1.40 bits per heavy atom. The summed E-state index contributed by atoms with van der Waals surface area (Å²) in [5.74, 6) is 1.23. The number of hydrogen-bond acceptors (Lipinski definition) is 6. The molecule has 132 valence electrons. The third kappa shape index (κ3) is 4.09. The van der Waals surface area contributed by atoms with E-state index in [-0.39, 0.29) is 18.0 Å². The number of Topliss-reactive ketones (excluding diaryl/α,β-unsaturated/α-hetero) is 2. The molecule has 0 unspecified atom stereocenters. The summed E-state index contributed by atoms with van der Waals surface area (Å²) < 4.78 is 20.6. The Labute approximate surface area is 146 Å². The molecule has 0 fully saturated rings. The van der Waals surface area contributed by atoms with Gasteiger partial charge in [-0.25, -0.2) is 0 Å². The van der Waals surface area contributed by atoms with Crippen molar-refractivity contribution in [2.75, 3.05) is 28.4 Å². The highest BCUT2D eigenvalue weighted by Gasteiger charge is 2.19. The molecule has 0 aliphatic heterocycles. The van der Waals surface area contributed by atoms with Crippen LogP contribution in [-0.2, 0) is 0 Å². The number of ether oxygens (including phenoxy) is 4. The number of ketones is 2. The van der Waals surface area contributed by atoms with Crippen molar-refractivity contribution in [3.8, 4) is 23.0 Å². The molecule has 6 nitrogen and oxygen atoms in total. The van der Waals surface area contributed by atoms with E-state index in [0.717, 1.165) is 0 Å². The molecule has 0 aliphatic carbocycles. The quantitative estimate of drug-likeness (QED) is 0.541. The van der Waals surface area contributed by atoms with Crippen LogP contribution in [0, 0.1) is 0 Å². The van der Waals surface area contributed by atoms with Gasteiger partial charge in [-0.3, -0.25) is 9.59 Å². The van der Waals surface area contributed by atoms with Gasteiger partial charge < -0.3 is 18.9 Å². The minimum absolute atomic E-state index is 0.280. The van der Waals surface area contributed by atoms with Gasteiger partial charge in [0.25, 0.3) is 0 Å². The first-order valence-electron chi connectivity index (χ1n) is 7.54. The Bertz CT molecular complexity index is 781. The normalized spacial score (nSPS) is 10.1. The van der Waals surface area contributed by atoms with Crippen LogP contribution in [0.3, 0.4) is 0 Å². The summed E-state index contributed by atoms with van der Waals surface area (Å²) in [6, 6.07) is 9.62. The fraction of sp³-hybridized carbons (Fsp3) is 0.263. The summed E-state index contributed by atoms with van der Waals surface area (Å²) >= 11 is 0. The first kappa shape index (κ1) is 18.3. The standard InChI is InChI=1S/C19H20O6/c1-22-13-6-7-14(18(10-13)24-3)16(21)11-15(20)12-5-8-17(23-2)19(9-12)25-4/h5-10H,11H2,1-4H3. The molecule has 25 heavy (non-hydrogen) atoms. The van der Waals surface area contributed by atoms with E-state index in [9.17, 15) is 9.59 Å². The van der Waals surface area contributed by atoms with Gasteiger partial charge in [-0.15, -0.1) is 0 Å². The van der Waals surface area contributed by atoms with E-state index >= 15 is 0 Å². The zero-order valence-corrected chi connectivity index (χ0v) is 14.6. The van der Waals surface area contributed by atoms with Crippen LogP contribution in [0.4, 0.5) is 0 Å². The fourth-order valence-electron chi connectivity index (χ4n) is 2.38. The third-order valence-electron chi connectivity index (χ3n) is 3.74. The summed E-state index contributed by atoms with van der Waals surface area (Å²) in [6.07, 6.45) is -0.280. The zero-order chi connectivity index (χ0) is 18.4. The van der Waals surface area contributed by atoms with Gasteiger partial charge in [-0.1, -0.05) is 0 Å². The summed E-state index contributed by atoms with van der Waals surface area (Å²) in [6.45, 7) is 0. The minimum atomic E-state index is -0.334. The lowest BCUT2D eigenvalue weighted by Crippen LogP contribution is -2.10. The fourth-order valence-corrected chi connectivity index (χ4v) is 2.38. The molecule has 0 atom stereocenters. The van der Waals surface area contributed by atoms with Gasteiger partial charge in [0.05, 0.1) is 40.4 Å². The first-order valence-corrected chi connectivity index (χ1v) is 7.54. The predicted octanol–water partition coefficient (Wildman–Crippen LogP) is 3.18. The predicted molar refractivity (Wildman–Crippen MR) is 92.4 cm³/mol. The number of benzene rings is 2. The second-order valence-corrected chi connectivity index (χ2v) is 5.16. The average Bonchev–Trinajstić information content (AvgIpc) is 2.66. The number of methoxy groups -OCH3 is 4. The van der Waals surface area contributed by atoms with Gasteiger partial charge in [-0.2, -0.15) is 0 Å². The Kier molecular flexibility index (Phi) is 6.00. The van der Waals surface area contributed by atoms with Gasteiger partial charge in [0.15, 0.2) is 23.1 Å². The largest absolute Gasteiger partial charge is 0.497 e. The zero-order valence-electron chi connectivity index (χ0n) is 14.6. The molecule has 0 radical (unpaired) electrons. The molecule has 2 aromatic carbocycles. The highest BCUT2D eigenvalue weighted by Crippen LogP contribution is 2.29. The number of rotatable bonds is 8. The first-order chi connectivity index (χ1) is 12.0. The van der Waals surface area contributed by atoms with Crippen LogP contribution in [0.1, 0.15) is 27.1 Å². The van der Waals surface area contributed by atoms with Crippen molar-refractivity contribution < 1.29 is 28.5 Å². The van der Waals surface area contributed by atoms with Crippen molar-refractivity contribution >= 4 is 11.6 Å². The minimum Gasteiger partial charge on any atom is -0.497 e. The van der Waals surface area contributed by atoms with Crippen molar-refractivity contribution in [3.05, 3.63) is 47.5 Å². The molecular weight excluding hydrogens is 324 g/mol. The molecule has 0 heterocycles. The number of hydrogen-bond donors (Lipinski definition) is 0. The Morgan fingerprint density at radius 1 is 0.720 bits per heavy atom. The maximum absolute atomic E-state index is 12.5. The Hall–Kier alpha value is -3.02. The third-order valence-corrected chi connectivity index (χ3v) is 3.74. The van der Waals surface area contributed by atoms with Crippen LogP contribution in [0.5, 0.6) is 23.0 Å². The molecule has 0 saturated carbocycles. The maximum Gasteiger partial charge on any atom is 0.174 e. The second kappa shape index (κ2) is 8.19. The average molecular weight is 344 g/mol. The Balaban J connectivity index is 2.22. The molecule has 2 rings (SSSR count). The van der Waals surface area contributed by atoms with Crippen LogP contribution in [0.25, 0.3) is 0 Å². The van der Waals surface area contributed by atoms with Gasteiger partial charge in [0.2, 0.25) is 0 Å². The van der Waals surface area contributed by atoms with Gasteiger partial charge in [-0.05, 0) is 30.3 Å². The number of carbonyl (C=O) groups excluding carboxylic acids is 2. The van der Waals surface area contributed by atoms with Crippen LogP contribution in [-0.4, -0.2) is 40.0 Å². The molecule has 0 spiro atoms. The van der Waals surface area contributed by atoms with E-state index in [0.29, 0.717) is 34.1 Å². The molecule has 0 N–H and O–H groups in total. The molecule has 2 aromatic rings. The van der Waals surface area contributed by atoms with E-state index in [1.165, 1.54) is 28.4 Å². The smallest absolute Gasteiger partial charge is 0.174 e. The highest BCUT2D eigenvalue weighted by atomic mass is 16.5. The van der Waals surface area contributed by atoms with Crippen LogP contribution < -0.4 is 18.9 Å². The summed E-state index contributed by atoms with van der Waals surface area (Å²) in [5, 5.41) is 0. The lowest BCUT2D eigenvalue weighted by Gasteiger charge is -2.10. The van der Waals surface area contributed by atoms with Crippen molar-refractivity contribution in [1.29, 1.82) is 0 Å². The van der Waals surface area contributed by atoms with E-state index in [4.69, 9.17) is 18.9 Å². The number of carbonyl (C=O) groups is 2. The highest BCUT2D eigenvalue weighted by molar-refractivity contribution is 6.14. The van der Waals surface area contributed by atoms with Crippen molar-refractivity contribution in [2.45, 2.75) is 6.42 Å². The summed E-state index contributed by atoms with van der Waals surface area (Å²) in [4.78, 5) is 24.9.